The number of hydrogen-bond donors (Lipinski definition) is 1. The summed E-state index contributed by atoms with van der Waals surface area (Å²) in [5.74, 6) is 0.447. The highest BCUT2D eigenvalue weighted by Crippen LogP contribution is 2.18. The van der Waals surface area contributed by atoms with Gasteiger partial charge in [0.2, 0.25) is 5.95 Å². The van der Waals surface area contributed by atoms with E-state index in [0.29, 0.717) is 5.95 Å². The molecule has 84 valence electrons. The highest BCUT2D eigenvalue weighted by atomic mass is 16.1. The van der Waals surface area contributed by atoms with Gasteiger partial charge in [0, 0.05) is 23.9 Å². The minimum Gasteiger partial charge on any atom is -0.291 e. The summed E-state index contributed by atoms with van der Waals surface area (Å²) in [4.78, 5) is 18.6. The van der Waals surface area contributed by atoms with Gasteiger partial charge in [-0.2, -0.15) is 5.10 Å². The number of nitrogens with zero attached hydrogens (tertiary/aromatic N) is 3. The third-order valence-electron chi connectivity index (χ3n) is 2.22. The van der Waals surface area contributed by atoms with Gasteiger partial charge in [-0.3, -0.25) is 9.78 Å². The van der Waals surface area contributed by atoms with E-state index in [9.17, 15) is 4.79 Å². The van der Waals surface area contributed by atoms with Crippen molar-refractivity contribution in [1.29, 1.82) is 0 Å². The van der Waals surface area contributed by atoms with E-state index in [1.807, 2.05) is 20.8 Å². The second-order valence-electron chi connectivity index (χ2n) is 4.65. The first-order valence-corrected chi connectivity index (χ1v) is 5.09. The standard InChI is InChI=1S/C11H14N4O/c1-11(2,3)8-7-9(16)14-10(13-8)15-6-4-5-12-15/h4-7H,1-3H3,(H,13,14,16). The lowest BCUT2D eigenvalue weighted by atomic mass is 9.92. The predicted molar refractivity (Wildman–Crippen MR) is 60.7 cm³/mol. The molecule has 2 aromatic heterocycles. The summed E-state index contributed by atoms with van der Waals surface area (Å²) in [5, 5.41) is 4.03. The first-order valence-electron chi connectivity index (χ1n) is 5.09. The maximum atomic E-state index is 11.5. The Hall–Kier alpha value is -1.91. The van der Waals surface area contributed by atoms with Crippen molar-refractivity contribution in [2.75, 3.05) is 0 Å². The van der Waals surface area contributed by atoms with Crippen molar-refractivity contribution in [2.45, 2.75) is 26.2 Å². The van der Waals surface area contributed by atoms with E-state index >= 15 is 0 Å². The predicted octanol–water partition coefficient (Wildman–Crippen LogP) is 1.25. The Bertz CT molecular complexity index is 534. The molecule has 2 aromatic rings. The molecule has 0 saturated heterocycles. The van der Waals surface area contributed by atoms with Gasteiger partial charge < -0.3 is 0 Å². The second kappa shape index (κ2) is 3.59. The van der Waals surface area contributed by atoms with Crippen LogP contribution in [0, 0.1) is 0 Å². The maximum Gasteiger partial charge on any atom is 0.252 e. The first kappa shape index (κ1) is 10.6. The van der Waals surface area contributed by atoms with Crippen LogP contribution in [0.5, 0.6) is 0 Å². The first-order chi connectivity index (χ1) is 7.47. The molecule has 0 aliphatic heterocycles. The molecule has 0 spiro atoms. The van der Waals surface area contributed by atoms with Crippen molar-refractivity contribution < 1.29 is 0 Å². The van der Waals surface area contributed by atoms with Gasteiger partial charge in [0.25, 0.3) is 5.56 Å². The van der Waals surface area contributed by atoms with Gasteiger partial charge in [-0.05, 0) is 6.07 Å². The number of H-pyrrole nitrogens is 1. The fraction of sp³-hybridized carbons (Fsp3) is 0.364. The quantitative estimate of drug-likeness (QED) is 0.783. The zero-order chi connectivity index (χ0) is 11.8. The van der Waals surface area contributed by atoms with Crippen molar-refractivity contribution in [2.24, 2.45) is 0 Å². The van der Waals surface area contributed by atoms with Crippen LogP contribution in [0.25, 0.3) is 5.95 Å². The average molecular weight is 218 g/mol. The summed E-state index contributed by atoms with van der Waals surface area (Å²) in [6, 6.07) is 3.30. The van der Waals surface area contributed by atoms with Gasteiger partial charge in [-0.1, -0.05) is 20.8 Å². The van der Waals surface area contributed by atoms with Gasteiger partial charge in [-0.25, -0.2) is 9.67 Å². The van der Waals surface area contributed by atoms with Crippen LogP contribution in [0.4, 0.5) is 0 Å². The second-order valence-corrected chi connectivity index (χ2v) is 4.65. The zero-order valence-electron chi connectivity index (χ0n) is 9.56. The number of aromatic amines is 1. The molecule has 0 fully saturated rings. The largest absolute Gasteiger partial charge is 0.291 e. The summed E-state index contributed by atoms with van der Waals surface area (Å²) in [7, 11) is 0. The molecule has 5 nitrogen and oxygen atoms in total. The van der Waals surface area contributed by atoms with Crippen LogP contribution in [-0.4, -0.2) is 19.7 Å². The fourth-order valence-corrected chi connectivity index (χ4v) is 1.33. The van der Waals surface area contributed by atoms with Crippen LogP contribution in [-0.2, 0) is 5.41 Å². The fourth-order valence-electron chi connectivity index (χ4n) is 1.33. The summed E-state index contributed by atoms with van der Waals surface area (Å²) < 4.78 is 1.54. The molecule has 2 rings (SSSR count). The van der Waals surface area contributed by atoms with Crippen LogP contribution in [0.3, 0.4) is 0 Å². The smallest absolute Gasteiger partial charge is 0.252 e. The van der Waals surface area contributed by atoms with E-state index in [1.165, 1.54) is 10.7 Å². The minimum absolute atomic E-state index is 0.157. The van der Waals surface area contributed by atoms with E-state index in [1.54, 1.807) is 18.5 Å². The Labute approximate surface area is 93.2 Å². The summed E-state index contributed by atoms with van der Waals surface area (Å²) in [6.45, 7) is 6.05. The third kappa shape index (κ3) is 2.03. The SMILES string of the molecule is CC(C)(C)c1cc(=O)[nH]c(-n2cccn2)n1. The van der Waals surface area contributed by atoms with Crippen LogP contribution in [0.2, 0.25) is 0 Å². The maximum absolute atomic E-state index is 11.5. The Morgan fingerprint density at radius 2 is 2.12 bits per heavy atom. The van der Waals surface area contributed by atoms with Gasteiger partial charge in [0.05, 0.1) is 5.69 Å². The van der Waals surface area contributed by atoms with Gasteiger partial charge in [-0.15, -0.1) is 0 Å². The van der Waals surface area contributed by atoms with Crippen molar-refractivity contribution in [3.05, 3.63) is 40.6 Å². The normalized spacial score (nSPS) is 11.7. The van der Waals surface area contributed by atoms with Crippen molar-refractivity contribution >= 4 is 0 Å². The topological polar surface area (TPSA) is 63.6 Å². The van der Waals surface area contributed by atoms with Crippen molar-refractivity contribution in [1.82, 2.24) is 19.7 Å². The molecule has 0 bridgehead atoms. The molecule has 1 N–H and O–H groups in total. The molecular formula is C11H14N4O. The number of rotatable bonds is 1. The molecule has 0 aliphatic rings. The molecule has 0 aromatic carbocycles. The lowest BCUT2D eigenvalue weighted by molar-refractivity contribution is 0.561. The molecule has 0 atom stereocenters. The van der Waals surface area contributed by atoms with E-state index in [4.69, 9.17) is 0 Å². The van der Waals surface area contributed by atoms with Gasteiger partial charge in [0.1, 0.15) is 0 Å². The summed E-state index contributed by atoms with van der Waals surface area (Å²) in [5.41, 5.74) is 0.433. The van der Waals surface area contributed by atoms with Crippen LogP contribution in [0.15, 0.2) is 29.3 Å². The Morgan fingerprint density at radius 3 is 2.69 bits per heavy atom. The van der Waals surface area contributed by atoms with Gasteiger partial charge >= 0.3 is 0 Å². The average Bonchev–Trinajstić information content (AvgIpc) is 2.68. The molecule has 0 saturated carbocycles. The molecule has 0 aliphatic carbocycles. The van der Waals surface area contributed by atoms with E-state index < -0.39 is 0 Å². The highest BCUT2D eigenvalue weighted by molar-refractivity contribution is 5.18. The molecule has 0 unspecified atom stereocenters. The monoisotopic (exact) mass is 218 g/mol. The molecule has 5 heteroatoms. The van der Waals surface area contributed by atoms with Crippen LogP contribution in [0.1, 0.15) is 26.5 Å². The van der Waals surface area contributed by atoms with Crippen LogP contribution >= 0.6 is 0 Å². The number of aromatic nitrogens is 4. The van der Waals surface area contributed by atoms with Crippen molar-refractivity contribution in [3.8, 4) is 5.95 Å². The number of nitrogens with one attached hydrogen (secondary N) is 1. The Balaban J connectivity index is 2.57. The zero-order valence-corrected chi connectivity index (χ0v) is 9.56. The molecule has 2 heterocycles. The lowest BCUT2D eigenvalue weighted by Crippen LogP contribution is -2.21. The Morgan fingerprint density at radius 1 is 1.38 bits per heavy atom. The third-order valence-corrected chi connectivity index (χ3v) is 2.22. The van der Waals surface area contributed by atoms with E-state index in [-0.39, 0.29) is 11.0 Å². The van der Waals surface area contributed by atoms with Gasteiger partial charge in [0.15, 0.2) is 0 Å². The molecule has 0 radical (unpaired) electrons. The minimum atomic E-state index is -0.162. The Kier molecular flexibility index (Phi) is 2.38. The molecule has 16 heavy (non-hydrogen) atoms. The molecule has 0 amide bonds. The lowest BCUT2D eigenvalue weighted by Gasteiger charge is -2.17. The summed E-state index contributed by atoms with van der Waals surface area (Å²) in [6.07, 6.45) is 3.38. The molecular weight excluding hydrogens is 204 g/mol. The van der Waals surface area contributed by atoms with Crippen molar-refractivity contribution in [3.63, 3.8) is 0 Å². The van der Waals surface area contributed by atoms with E-state index in [0.717, 1.165) is 5.69 Å². The summed E-state index contributed by atoms with van der Waals surface area (Å²) >= 11 is 0. The van der Waals surface area contributed by atoms with E-state index in [2.05, 4.69) is 15.1 Å². The highest BCUT2D eigenvalue weighted by Gasteiger charge is 2.17. The van der Waals surface area contributed by atoms with Crippen LogP contribution < -0.4 is 5.56 Å². The number of hydrogen-bond acceptors (Lipinski definition) is 3.